The van der Waals surface area contributed by atoms with Crippen molar-refractivity contribution in [2.75, 3.05) is 13.1 Å². The minimum absolute atomic E-state index is 0.152. The molecule has 0 aromatic rings. The zero-order valence-electron chi connectivity index (χ0n) is 18.1. The van der Waals surface area contributed by atoms with Crippen LogP contribution in [0, 0.1) is 5.92 Å². The molecule has 0 saturated carbocycles. The molecule has 0 rings (SSSR count). The molecule has 0 aromatic carbocycles. The van der Waals surface area contributed by atoms with Gasteiger partial charge in [-0.15, -0.1) is 0 Å². The lowest BCUT2D eigenvalue weighted by Crippen LogP contribution is -2.54. The molecular weight excluding hydrogens is 410 g/mol. The molecule has 9 N–H and O–H groups in total. The Bertz CT molecular complexity index is 629. The minimum atomic E-state index is -1.21. The van der Waals surface area contributed by atoms with E-state index in [1.807, 2.05) is 6.92 Å². The summed E-state index contributed by atoms with van der Waals surface area (Å²) < 4.78 is 0. The van der Waals surface area contributed by atoms with Crippen LogP contribution in [-0.4, -0.2) is 71.1 Å². The van der Waals surface area contributed by atoms with Crippen LogP contribution in [0.1, 0.15) is 52.4 Å². The third kappa shape index (κ3) is 11.9. The smallest absolute Gasteiger partial charge is 0.326 e. The molecule has 0 aliphatic heterocycles. The van der Waals surface area contributed by atoms with Crippen molar-refractivity contribution in [2.45, 2.75) is 70.5 Å². The second-order valence-electron chi connectivity index (χ2n) is 7.37. The van der Waals surface area contributed by atoms with Crippen LogP contribution in [0.5, 0.6) is 0 Å². The first-order chi connectivity index (χ1) is 14.5. The highest BCUT2D eigenvalue weighted by Crippen LogP contribution is 2.07. The van der Waals surface area contributed by atoms with Crippen LogP contribution in [0.15, 0.2) is 0 Å². The van der Waals surface area contributed by atoms with Crippen molar-refractivity contribution in [3.63, 3.8) is 0 Å². The molecule has 0 bridgehead atoms. The van der Waals surface area contributed by atoms with E-state index in [1.54, 1.807) is 6.92 Å². The highest BCUT2D eigenvalue weighted by molar-refractivity contribution is 5.92. The molecule has 12 heteroatoms. The van der Waals surface area contributed by atoms with E-state index in [4.69, 9.17) is 16.6 Å². The van der Waals surface area contributed by atoms with Gasteiger partial charge in [-0.05, 0) is 38.1 Å². The van der Waals surface area contributed by atoms with Crippen LogP contribution < -0.4 is 27.4 Å². The Balaban J connectivity index is 4.89. The Kier molecular flexibility index (Phi) is 13.8. The fourth-order valence-electron chi connectivity index (χ4n) is 2.60. The Morgan fingerprint density at radius 2 is 1.58 bits per heavy atom. The second-order valence-corrected chi connectivity index (χ2v) is 7.37. The highest BCUT2D eigenvalue weighted by Gasteiger charge is 2.27. The number of nitrogens with one attached hydrogen (secondary N) is 3. The number of amides is 3. The quantitative estimate of drug-likeness (QED) is 0.138. The van der Waals surface area contributed by atoms with Crippen molar-refractivity contribution in [3.05, 3.63) is 0 Å². The molecule has 31 heavy (non-hydrogen) atoms. The summed E-state index contributed by atoms with van der Waals surface area (Å²) in [5, 5.41) is 25.1. The number of hydrogen-bond acceptors (Lipinski definition) is 7. The van der Waals surface area contributed by atoms with Crippen molar-refractivity contribution in [3.8, 4) is 0 Å². The first-order valence-electron chi connectivity index (χ1n) is 10.3. The third-order valence-corrected chi connectivity index (χ3v) is 4.84. The molecule has 0 spiro atoms. The van der Waals surface area contributed by atoms with Gasteiger partial charge in [0.2, 0.25) is 17.7 Å². The molecule has 0 heterocycles. The van der Waals surface area contributed by atoms with E-state index in [2.05, 4.69) is 16.0 Å². The summed E-state index contributed by atoms with van der Waals surface area (Å²) in [6.07, 6.45) is 1.37. The zero-order chi connectivity index (χ0) is 24.0. The van der Waals surface area contributed by atoms with E-state index in [-0.39, 0.29) is 25.2 Å². The number of nitrogens with two attached hydrogens (primary N) is 2. The number of rotatable bonds is 16. The third-order valence-electron chi connectivity index (χ3n) is 4.84. The monoisotopic (exact) mass is 445 g/mol. The Morgan fingerprint density at radius 1 is 0.935 bits per heavy atom. The molecule has 0 radical (unpaired) electrons. The van der Waals surface area contributed by atoms with Crippen molar-refractivity contribution < 1.29 is 34.2 Å². The standard InChI is InChI=1S/C19H35N5O7/c1-3-11(2)16(21)18(29)24-12(7-8-15(26)27)17(28)22-10-14(25)23-13(19(30)31)6-4-5-9-20/h11-13,16H,3-10,20-21H2,1-2H3,(H,22,28)(H,23,25)(H,24,29)(H,26,27)(H,30,31)/t11-,12-,13-,16-/m0/s1. The fraction of sp³-hybridized carbons (Fsp3) is 0.737. The molecule has 0 aliphatic carbocycles. The lowest BCUT2D eigenvalue weighted by atomic mass is 9.98. The summed E-state index contributed by atoms with van der Waals surface area (Å²) in [6, 6.07) is -3.20. The van der Waals surface area contributed by atoms with Gasteiger partial charge in [-0.1, -0.05) is 20.3 Å². The lowest BCUT2D eigenvalue weighted by molar-refractivity contribution is -0.142. The van der Waals surface area contributed by atoms with Gasteiger partial charge < -0.3 is 37.6 Å². The molecule has 12 nitrogen and oxygen atoms in total. The highest BCUT2D eigenvalue weighted by atomic mass is 16.4. The van der Waals surface area contributed by atoms with Crippen LogP contribution in [0.25, 0.3) is 0 Å². The summed E-state index contributed by atoms with van der Waals surface area (Å²) in [5.41, 5.74) is 11.2. The van der Waals surface area contributed by atoms with Gasteiger partial charge in [-0.3, -0.25) is 19.2 Å². The van der Waals surface area contributed by atoms with E-state index in [0.717, 1.165) is 0 Å². The van der Waals surface area contributed by atoms with Gasteiger partial charge in [0.25, 0.3) is 0 Å². The molecular formula is C19H35N5O7. The van der Waals surface area contributed by atoms with Gasteiger partial charge in [-0.2, -0.15) is 0 Å². The van der Waals surface area contributed by atoms with E-state index >= 15 is 0 Å². The van der Waals surface area contributed by atoms with Gasteiger partial charge in [0, 0.05) is 6.42 Å². The Morgan fingerprint density at radius 3 is 2.10 bits per heavy atom. The SMILES string of the molecule is CC[C@H](C)[C@H](N)C(=O)N[C@@H](CCC(=O)O)C(=O)NCC(=O)N[C@@H](CCCCN)C(=O)O. The molecule has 178 valence electrons. The number of carboxylic acids is 2. The first-order valence-corrected chi connectivity index (χ1v) is 10.3. The molecule has 0 saturated heterocycles. The summed E-state index contributed by atoms with van der Waals surface area (Å²) in [7, 11) is 0. The maximum Gasteiger partial charge on any atom is 0.326 e. The number of hydrogen-bond donors (Lipinski definition) is 7. The number of aliphatic carboxylic acids is 2. The molecule has 0 fully saturated rings. The number of carbonyl (C=O) groups excluding carboxylic acids is 3. The van der Waals surface area contributed by atoms with Crippen molar-refractivity contribution in [1.29, 1.82) is 0 Å². The average molecular weight is 446 g/mol. The van der Waals surface area contributed by atoms with Gasteiger partial charge in [0.05, 0.1) is 12.6 Å². The Labute approximate surface area is 181 Å². The minimum Gasteiger partial charge on any atom is -0.481 e. The average Bonchev–Trinajstić information content (AvgIpc) is 2.72. The van der Waals surface area contributed by atoms with E-state index in [0.29, 0.717) is 25.8 Å². The molecule has 0 unspecified atom stereocenters. The molecule has 0 aliphatic rings. The van der Waals surface area contributed by atoms with Gasteiger partial charge in [0.15, 0.2) is 0 Å². The van der Waals surface area contributed by atoms with Crippen molar-refractivity contribution in [2.24, 2.45) is 17.4 Å². The molecule has 3 amide bonds. The number of carboxylic acid groups (broad SMARTS) is 2. The first kappa shape index (κ1) is 28.3. The van der Waals surface area contributed by atoms with Crippen LogP contribution in [0.4, 0.5) is 0 Å². The van der Waals surface area contributed by atoms with Gasteiger partial charge >= 0.3 is 11.9 Å². The normalized spacial score (nSPS) is 14.6. The molecule has 0 aromatic heterocycles. The summed E-state index contributed by atoms with van der Waals surface area (Å²) in [5.74, 6) is -4.61. The van der Waals surface area contributed by atoms with Crippen LogP contribution in [-0.2, 0) is 24.0 Å². The zero-order valence-corrected chi connectivity index (χ0v) is 18.1. The van der Waals surface area contributed by atoms with Crippen LogP contribution in [0.2, 0.25) is 0 Å². The number of unbranched alkanes of at least 4 members (excludes halogenated alkanes) is 1. The fourth-order valence-corrected chi connectivity index (χ4v) is 2.60. The maximum absolute atomic E-state index is 12.4. The van der Waals surface area contributed by atoms with E-state index < -0.39 is 54.3 Å². The van der Waals surface area contributed by atoms with Gasteiger partial charge in [0.1, 0.15) is 12.1 Å². The van der Waals surface area contributed by atoms with E-state index in [9.17, 15) is 29.1 Å². The van der Waals surface area contributed by atoms with Crippen LogP contribution in [0.3, 0.4) is 0 Å². The second kappa shape index (κ2) is 15.1. The topological polar surface area (TPSA) is 214 Å². The van der Waals surface area contributed by atoms with Crippen molar-refractivity contribution >= 4 is 29.7 Å². The predicted octanol–water partition coefficient (Wildman–Crippen LogP) is -1.48. The van der Waals surface area contributed by atoms with Crippen molar-refractivity contribution in [1.82, 2.24) is 16.0 Å². The van der Waals surface area contributed by atoms with E-state index in [1.165, 1.54) is 0 Å². The lowest BCUT2D eigenvalue weighted by Gasteiger charge is -2.23. The Hall–Kier alpha value is -2.73. The summed E-state index contributed by atoms with van der Waals surface area (Å²) in [6.45, 7) is 3.50. The van der Waals surface area contributed by atoms with Gasteiger partial charge in [-0.25, -0.2) is 4.79 Å². The molecule has 4 atom stereocenters. The van der Waals surface area contributed by atoms with Crippen LogP contribution >= 0.6 is 0 Å². The predicted molar refractivity (Wildman–Crippen MR) is 112 cm³/mol. The summed E-state index contributed by atoms with van der Waals surface area (Å²) in [4.78, 5) is 58.8. The summed E-state index contributed by atoms with van der Waals surface area (Å²) >= 11 is 0. The maximum atomic E-state index is 12.4. The largest absolute Gasteiger partial charge is 0.481 e. The number of carbonyl (C=O) groups is 5.